The molecule has 3 heterocycles. The van der Waals surface area contributed by atoms with Crippen molar-refractivity contribution in [2.24, 2.45) is 0 Å². The minimum atomic E-state index is -0.709. The molecule has 0 spiro atoms. The van der Waals surface area contributed by atoms with Gasteiger partial charge in [0, 0.05) is 42.4 Å². The van der Waals surface area contributed by atoms with Crippen LogP contribution in [0.4, 0.5) is 20.7 Å². The fourth-order valence-corrected chi connectivity index (χ4v) is 4.04. The monoisotopic (exact) mass is 553 g/mol. The van der Waals surface area contributed by atoms with Gasteiger partial charge in [-0.15, -0.1) is 0 Å². The van der Waals surface area contributed by atoms with Crippen molar-refractivity contribution in [2.45, 2.75) is 26.2 Å². The van der Waals surface area contributed by atoms with E-state index in [1.165, 1.54) is 37.6 Å². The molecular formula is C30H28FN7O3. The maximum atomic E-state index is 14.9. The second kappa shape index (κ2) is 11.0. The predicted octanol–water partition coefficient (Wildman–Crippen LogP) is 6.05. The number of aromatic nitrogens is 4. The van der Waals surface area contributed by atoms with Crippen molar-refractivity contribution >= 4 is 34.3 Å². The van der Waals surface area contributed by atoms with E-state index in [0.717, 1.165) is 28.4 Å². The zero-order chi connectivity index (χ0) is 29.1. The second-order valence-corrected chi connectivity index (χ2v) is 10.3. The highest BCUT2D eigenvalue weighted by atomic mass is 19.1. The molecule has 3 N–H and O–H groups in total. The zero-order valence-corrected chi connectivity index (χ0v) is 22.9. The first-order valence-electron chi connectivity index (χ1n) is 12.8. The second-order valence-electron chi connectivity index (χ2n) is 10.3. The Kier molecular flexibility index (Phi) is 7.34. The van der Waals surface area contributed by atoms with Crippen molar-refractivity contribution in [3.05, 3.63) is 96.3 Å². The first-order valence-corrected chi connectivity index (χ1v) is 12.8. The van der Waals surface area contributed by atoms with Crippen molar-refractivity contribution in [3.63, 3.8) is 0 Å². The number of hydrogen-bond acceptors (Lipinski definition) is 6. The number of anilines is 2. The number of benzene rings is 2. The topological polar surface area (TPSA) is 123 Å². The van der Waals surface area contributed by atoms with Gasteiger partial charge in [0.05, 0.1) is 34.3 Å². The number of ether oxygens (including phenoxy) is 1. The molecule has 0 unspecified atom stereocenters. The summed E-state index contributed by atoms with van der Waals surface area (Å²) >= 11 is 0. The molecule has 208 valence electrons. The third-order valence-electron chi connectivity index (χ3n) is 6.18. The normalized spacial score (nSPS) is 11.2. The lowest BCUT2D eigenvalue weighted by atomic mass is 9.92. The molecule has 5 aromatic rings. The average Bonchev–Trinajstić information content (AvgIpc) is 3.38. The number of urea groups is 1. The van der Waals surface area contributed by atoms with Crippen LogP contribution in [-0.4, -0.2) is 38.7 Å². The lowest BCUT2D eigenvalue weighted by molar-refractivity contribution is 0.0962. The van der Waals surface area contributed by atoms with Gasteiger partial charge >= 0.3 is 6.03 Å². The fourth-order valence-electron chi connectivity index (χ4n) is 4.04. The number of rotatable bonds is 6. The summed E-state index contributed by atoms with van der Waals surface area (Å²) < 4.78 is 22.2. The smallest absolute Gasteiger partial charge is 0.324 e. The number of hydrogen-bond donors (Lipinski definition) is 3. The van der Waals surface area contributed by atoms with Gasteiger partial charge in [-0.1, -0.05) is 26.8 Å². The van der Waals surface area contributed by atoms with Gasteiger partial charge in [0.2, 0.25) is 0 Å². The van der Waals surface area contributed by atoms with Gasteiger partial charge in [0.1, 0.15) is 23.1 Å². The van der Waals surface area contributed by atoms with Crippen molar-refractivity contribution in [2.75, 3.05) is 17.7 Å². The van der Waals surface area contributed by atoms with Crippen LogP contribution in [0.25, 0.3) is 16.6 Å². The molecule has 3 amide bonds. The van der Waals surface area contributed by atoms with Gasteiger partial charge in [0.15, 0.2) is 0 Å². The van der Waals surface area contributed by atoms with Gasteiger partial charge in [-0.25, -0.2) is 13.9 Å². The Morgan fingerprint density at radius 2 is 1.78 bits per heavy atom. The van der Waals surface area contributed by atoms with E-state index in [2.05, 4.69) is 25.9 Å². The van der Waals surface area contributed by atoms with Gasteiger partial charge < -0.3 is 15.4 Å². The zero-order valence-electron chi connectivity index (χ0n) is 22.9. The molecule has 0 aliphatic carbocycles. The number of pyridine rings is 2. The van der Waals surface area contributed by atoms with E-state index < -0.39 is 11.8 Å². The van der Waals surface area contributed by atoms with Crippen LogP contribution in [0.15, 0.2) is 79.3 Å². The largest absolute Gasteiger partial charge is 0.456 e. The summed E-state index contributed by atoms with van der Waals surface area (Å²) in [5.74, 6) is -0.189. The Bertz CT molecular complexity index is 1760. The predicted molar refractivity (Wildman–Crippen MR) is 154 cm³/mol. The summed E-state index contributed by atoms with van der Waals surface area (Å²) in [6.45, 7) is 6.08. The summed E-state index contributed by atoms with van der Waals surface area (Å²) in [7, 11) is 1.51. The third kappa shape index (κ3) is 6.14. The molecule has 5 rings (SSSR count). The molecular weight excluding hydrogens is 525 g/mol. The van der Waals surface area contributed by atoms with E-state index in [1.54, 1.807) is 16.9 Å². The SMILES string of the molecule is CNC(=O)c1cncc(Oc2ccc(NC(=O)Nc3cc(C(C)(C)C)nn3-c3ccc4ncccc4c3)c(F)c2)c1. The Morgan fingerprint density at radius 1 is 0.951 bits per heavy atom. The Hall–Kier alpha value is -5.32. The highest BCUT2D eigenvalue weighted by molar-refractivity contribution is 5.99. The van der Waals surface area contributed by atoms with Crippen LogP contribution < -0.4 is 20.7 Å². The van der Waals surface area contributed by atoms with E-state index >= 15 is 0 Å². The lowest BCUT2D eigenvalue weighted by Gasteiger charge is -2.14. The summed E-state index contributed by atoms with van der Waals surface area (Å²) in [4.78, 5) is 33.1. The minimum absolute atomic E-state index is 0.0500. The van der Waals surface area contributed by atoms with Gasteiger partial charge in [-0.05, 0) is 42.5 Å². The van der Waals surface area contributed by atoms with E-state index in [9.17, 15) is 14.0 Å². The van der Waals surface area contributed by atoms with Gasteiger partial charge in [-0.3, -0.25) is 20.1 Å². The van der Waals surface area contributed by atoms with Crippen molar-refractivity contribution in [1.29, 1.82) is 0 Å². The third-order valence-corrected chi connectivity index (χ3v) is 6.18. The number of carbonyl (C=O) groups excluding carboxylic acids is 2. The minimum Gasteiger partial charge on any atom is -0.456 e. The molecule has 0 fully saturated rings. The summed E-state index contributed by atoms with van der Waals surface area (Å²) in [5.41, 5.74) is 2.31. The molecule has 41 heavy (non-hydrogen) atoms. The molecule has 0 aliphatic heterocycles. The van der Waals surface area contributed by atoms with Crippen LogP contribution in [0.3, 0.4) is 0 Å². The van der Waals surface area contributed by atoms with Crippen molar-refractivity contribution < 1.29 is 18.7 Å². The van der Waals surface area contributed by atoms with E-state index in [-0.39, 0.29) is 28.5 Å². The lowest BCUT2D eigenvalue weighted by Crippen LogP contribution is -2.22. The van der Waals surface area contributed by atoms with E-state index in [0.29, 0.717) is 11.4 Å². The maximum absolute atomic E-state index is 14.9. The van der Waals surface area contributed by atoms with Crippen LogP contribution in [-0.2, 0) is 5.41 Å². The molecule has 0 saturated carbocycles. The first kappa shape index (κ1) is 27.3. The number of amides is 3. The molecule has 0 atom stereocenters. The van der Waals surface area contributed by atoms with E-state index in [4.69, 9.17) is 9.84 Å². The number of nitrogens with zero attached hydrogens (tertiary/aromatic N) is 4. The van der Waals surface area contributed by atoms with Crippen LogP contribution in [0.2, 0.25) is 0 Å². The van der Waals surface area contributed by atoms with Crippen LogP contribution in [0.1, 0.15) is 36.8 Å². The standard InChI is InChI=1S/C30H28FN7O3/c1-30(2,3)26-15-27(38(37-26)20-7-9-24-18(12-20)6-5-11-34-24)36-29(40)35-25-10-8-21(14-23(25)31)41-22-13-19(16-33-17-22)28(39)32-4/h5-17H,1-4H3,(H,32,39)(H2,35,36,40). The number of nitrogens with one attached hydrogen (secondary N) is 3. The Labute approximate surface area is 235 Å². The molecule has 0 bridgehead atoms. The van der Waals surface area contributed by atoms with Crippen LogP contribution >= 0.6 is 0 Å². The van der Waals surface area contributed by atoms with Crippen LogP contribution in [0.5, 0.6) is 11.5 Å². The van der Waals surface area contributed by atoms with Gasteiger partial charge in [-0.2, -0.15) is 5.10 Å². The van der Waals surface area contributed by atoms with Crippen molar-refractivity contribution in [1.82, 2.24) is 25.1 Å². The highest BCUT2D eigenvalue weighted by Crippen LogP contribution is 2.29. The Balaban J connectivity index is 1.34. The summed E-state index contributed by atoms with van der Waals surface area (Å²) in [6.07, 6.45) is 4.53. The quantitative estimate of drug-likeness (QED) is 0.235. The van der Waals surface area contributed by atoms with Crippen molar-refractivity contribution in [3.8, 4) is 17.2 Å². The van der Waals surface area contributed by atoms with E-state index in [1.807, 2.05) is 51.1 Å². The highest BCUT2D eigenvalue weighted by Gasteiger charge is 2.22. The number of halogens is 1. The Morgan fingerprint density at radius 3 is 2.54 bits per heavy atom. The number of carbonyl (C=O) groups is 2. The molecule has 2 aromatic carbocycles. The summed E-state index contributed by atoms with van der Waals surface area (Å²) in [6, 6.07) is 16.1. The molecule has 10 nitrogen and oxygen atoms in total. The summed E-state index contributed by atoms with van der Waals surface area (Å²) in [5, 5.41) is 13.5. The molecule has 0 saturated heterocycles. The first-order chi connectivity index (χ1) is 19.6. The maximum Gasteiger partial charge on any atom is 0.324 e. The number of fused-ring (bicyclic) bond motifs is 1. The molecule has 11 heteroatoms. The molecule has 0 radical (unpaired) electrons. The average molecular weight is 554 g/mol. The molecule has 3 aromatic heterocycles. The van der Waals surface area contributed by atoms with Crippen LogP contribution in [0, 0.1) is 5.82 Å². The molecule has 0 aliphatic rings. The fraction of sp³-hybridized carbons (Fsp3) is 0.167. The van der Waals surface area contributed by atoms with Gasteiger partial charge in [0.25, 0.3) is 5.91 Å².